The number of aliphatic hydroxyl groups is 1. The standard InChI is InChI=1S/C11H17N5O/c1-7-5-16(3-2-9(7)17)11-8(10(12)13)4-14-6-15-11/h4,6-7,9,17H,2-3,5H2,1H3,(H3,12,13). The summed E-state index contributed by atoms with van der Waals surface area (Å²) in [6, 6.07) is 0. The lowest BCUT2D eigenvalue weighted by Gasteiger charge is -2.35. The van der Waals surface area contributed by atoms with Gasteiger partial charge in [0.2, 0.25) is 0 Å². The zero-order valence-electron chi connectivity index (χ0n) is 9.80. The molecule has 0 aromatic carbocycles. The van der Waals surface area contributed by atoms with Crippen molar-refractivity contribution in [2.75, 3.05) is 18.0 Å². The molecule has 2 atom stereocenters. The molecule has 0 saturated carbocycles. The van der Waals surface area contributed by atoms with Crippen LogP contribution in [0.2, 0.25) is 0 Å². The number of nitrogens with one attached hydrogen (secondary N) is 1. The van der Waals surface area contributed by atoms with E-state index in [4.69, 9.17) is 11.1 Å². The zero-order chi connectivity index (χ0) is 12.4. The van der Waals surface area contributed by atoms with Crippen molar-refractivity contribution in [1.82, 2.24) is 9.97 Å². The van der Waals surface area contributed by atoms with Crippen LogP contribution >= 0.6 is 0 Å². The number of aliphatic hydroxyl groups excluding tert-OH is 1. The number of amidine groups is 1. The van der Waals surface area contributed by atoms with Crippen LogP contribution in [-0.4, -0.2) is 40.1 Å². The molecule has 2 unspecified atom stereocenters. The summed E-state index contributed by atoms with van der Waals surface area (Å²) in [5.74, 6) is 0.851. The van der Waals surface area contributed by atoms with Crippen LogP contribution in [0.5, 0.6) is 0 Å². The highest BCUT2D eigenvalue weighted by molar-refractivity contribution is 5.99. The van der Waals surface area contributed by atoms with E-state index in [2.05, 4.69) is 14.9 Å². The molecule has 1 fully saturated rings. The summed E-state index contributed by atoms with van der Waals surface area (Å²) in [6.07, 6.45) is 3.47. The molecule has 0 spiro atoms. The molecule has 1 aliphatic heterocycles. The summed E-state index contributed by atoms with van der Waals surface area (Å²) in [5.41, 5.74) is 6.06. The summed E-state index contributed by atoms with van der Waals surface area (Å²) in [5, 5.41) is 17.2. The van der Waals surface area contributed by atoms with Gasteiger partial charge in [0.1, 0.15) is 18.0 Å². The molecule has 1 aromatic heterocycles. The van der Waals surface area contributed by atoms with Crippen molar-refractivity contribution in [1.29, 1.82) is 5.41 Å². The molecule has 6 heteroatoms. The average molecular weight is 235 g/mol. The number of rotatable bonds is 2. The maximum Gasteiger partial charge on any atom is 0.142 e. The smallest absolute Gasteiger partial charge is 0.142 e. The maximum atomic E-state index is 9.69. The topological polar surface area (TPSA) is 99.1 Å². The van der Waals surface area contributed by atoms with Gasteiger partial charge in [-0.3, -0.25) is 5.41 Å². The Kier molecular flexibility index (Phi) is 3.23. The molecule has 17 heavy (non-hydrogen) atoms. The second kappa shape index (κ2) is 4.67. The van der Waals surface area contributed by atoms with Gasteiger partial charge in [-0.2, -0.15) is 0 Å². The molecule has 1 aromatic rings. The molecule has 0 bridgehead atoms. The molecule has 0 aliphatic carbocycles. The van der Waals surface area contributed by atoms with Crippen LogP contribution < -0.4 is 10.6 Å². The third kappa shape index (κ3) is 2.36. The van der Waals surface area contributed by atoms with E-state index in [-0.39, 0.29) is 17.9 Å². The van der Waals surface area contributed by atoms with Crippen molar-refractivity contribution in [3.63, 3.8) is 0 Å². The van der Waals surface area contributed by atoms with E-state index in [0.717, 1.165) is 13.1 Å². The fourth-order valence-corrected chi connectivity index (χ4v) is 2.09. The Balaban J connectivity index is 2.25. The zero-order valence-corrected chi connectivity index (χ0v) is 9.80. The Bertz CT molecular complexity index is 422. The largest absolute Gasteiger partial charge is 0.393 e. The molecule has 6 nitrogen and oxygen atoms in total. The Morgan fingerprint density at radius 2 is 2.41 bits per heavy atom. The normalized spacial score (nSPS) is 24.7. The molecular formula is C11H17N5O. The highest BCUT2D eigenvalue weighted by atomic mass is 16.3. The van der Waals surface area contributed by atoms with Gasteiger partial charge in [0, 0.05) is 19.3 Å². The molecule has 4 N–H and O–H groups in total. The monoisotopic (exact) mass is 235 g/mol. The van der Waals surface area contributed by atoms with Crippen LogP contribution in [0.15, 0.2) is 12.5 Å². The third-order valence-corrected chi connectivity index (χ3v) is 3.14. The predicted octanol–water partition coefficient (Wildman–Crippen LogP) is -0.0322. The van der Waals surface area contributed by atoms with Crippen LogP contribution in [0.3, 0.4) is 0 Å². The third-order valence-electron chi connectivity index (χ3n) is 3.14. The number of nitrogens with two attached hydrogens (primary N) is 1. The first-order chi connectivity index (χ1) is 8.09. The van der Waals surface area contributed by atoms with Gasteiger partial charge in [-0.05, 0) is 12.3 Å². The summed E-state index contributed by atoms with van der Waals surface area (Å²) in [7, 11) is 0. The number of piperidine rings is 1. The summed E-state index contributed by atoms with van der Waals surface area (Å²) in [6.45, 7) is 3.45. The Morgan fingerprint density at radius 3 is 3.06 bits per heavy atom. The minimum Gasteiger partial charge on any atom is -0.393 e. The molecule has 2 heterocycles. The van der Waals surface area contributed by atoms with E-state index in [9.17, 15) is 5.11 Å². The minimum atomic E-state index is -0.256. The van der Waals surface area contributed by atoms with Crippen LogP contribution in [0.4, 0.5) is 5.82 Å². The fraction of sp³-hybridized carbons (Fsp3) is 0.545. The molecule has 2 rings (SSSR count). The first kappa shape index (κ1) is 11.8. The van der Waals surface area contributed by atoms with Gasteiger partial charge in [-0.25, -0.2) is 9.97 Å². The fourth-order valence-electron chi connectivity index (χ4n) is 2.09. The summed E-state index contributed by atoms with van der Waals surface area (Å²) >= 11 is 0. The Hall–Kier alpha value is -1.69. The van der Waals surface area contributed by atoms with E-state index in [0.29, 0.717) is 17.8 Å². The van der Waals surface area contributed by atoms with Gasteiger partial charge in [-0.15, -0.1) is 0 Å². The molecule has 0 radical (unpaired) electrons. The van der Waals surface area contributed by atoms with Crippen molar-refractivity contribution in [3.05, 3.63) is 18.1 Å². The van der Waals surface area contributed by atoms with Gasteiger partial charge in [-0.1, -0.05) is 6.92 Å². The lowest BCUT2D eigenvalue weighted by atomic mass is 9.96. The lowest BCUT2D eigenvalue weighted by molar-refractivity contribution is 0.0969. The quantitative estimate of drug-likeness (QED) is 0.494. The van der Waals surface area contributed by atoms with E-state index in [1.807, 2.05) is 6.92 Å². The van der Waals surface area contributed by atoms with E-state index >= 15 is 0 Å². The molecule has 92 valence electrons. The lowest BCUT2D eigenvalue weighted by Crippen LogP contribution is -2.43. The van der Waals surface area contributed by atoms with Crippen molar-refractivity contribution in [3.8, 4) is 0 Å². The Morgan fingerprint density at radius 1 is 1.65 bits per heavy atom. The van der Waals surface area contributed by atoms with Gasteiger partial charge in [0.05, 0.1) is 11.7 Å². The minimum absolute atomic E-state index is 0.0284. The van der Waals surface area contributed by atoms with Crippen molar-refractivity contribution in [2.45, 2.75) is 19.4 Å². The highest BCUT2D eigenvalue weighted by Gasteiger charge is 2.26. The molecule has 0 amide bonds. The first-order valence-electron chi connectivity index (χ1n) is 5.67. The van der Waals surface area contributed by atoms with Crippen molar-refractivity contribution >= 4 is 11.7 Å². The second-order valence-electron chi connectivity index (χ2n) is 4.45. The number of aromatic nitrogens is 2. The highest BCUT2D eigenvalue weighted by Crippen LogP contribution is 2.23. The van der Waals surface area contributed by atoms with Crippen LogP contribution in [0.25, 0.3) is 0 Å². The number of hydrogen-bond acceptors (Lipinski definition) is 5. The molecule has 1 saturated heterocycles. The van der Waals surface area contributed by atoms with E-state index < -0.39 is 0 Å². The number of nitrogens with zero attached hydrogens (tertiary/aromatic N) is 3. The average Bonchev–Trinajstić information content (AvgIpc) is 2.32. The first-order valence-corrected chi connectivity index (χ1v) is 5.67. The van der Waals surface area contributed by atoms with Crippen LogP contribution in [-0.2, 0) is 0 Å². The van der Waals surface area contributed by atoms with Gasteiger partial charge in [0.15, 0.2) is 0 Å². The van der Waals surface area contributed by atoms with Gasteiger partial charge < -0.3 is 15.7 Å². The maximum absolute atomic E-state index is 9.69. The van der Waals surface area contributed by atoms with Crippen molar-refractivity contribution in [2.24, 2.45) is 11.7 Å². The van der Waals surface area contributed by atoms with Gasteiger partial charge in [0.25, 0.3) is 0 Å². The SMILES string of the molecule is CC1CN(c2ncncc2C(=N)N)CCC1O. The number of anilines is 1. The second-order valence-corrected chi connectivity index (χ2v) is 4.45. The van der Waals surface area contributed by atoms with E-state index in [1.54, 1.807) is 6.20 Å². The number of hydrogen-bond donors (Lipinski definition) is 3. The molecular weight excluding hydrogens is 218 g/mol. The van der Waals surface area contributed by atoms with Crippen LogP contribution in [0, 0.1) is 11.3 Å². The number of nitrogen functional groups attached to an aromatic ring is 1. The predicted molar refractivity (Wildman–Crippen MR) is 65.0 cm³/mol. The summed E-state index contributed by atoms with van der Waals surface area (Å²) < 4.78 is 0. The van der Waals surface area contributed by atoms with Crippen molar-refractivity contribution < 1.29 is 5.11 Å². The van der Waals surface area contributed by atoms with Crippen LogP contribution in [0.1, 0.15) is 18.9 Å². The summed E-state index contributed by atoms with van der Waals surface area (Å²) in [4.78, 5) is 10.1. The van der Waals surface area contributed by atoms with Gasteiger partial charge >= 0.3 is 0 Å². The van der Waals surface area contributed by atoms with E-state index in [1.165, 1.54) is 6.33 Å². The Labute approximate surface area is 100.0 Å². The molecule has 1 aliphatic rings.